The van der Waals surface area contributed by atoms with E-state index < -0.39 is 10.1 Å². The Balaban J connectivity index is 2.33. The molecule has 126 valence electrons. The van der Waals surface area contributed by atoms with E-state index in [4.69, 9.17) is 0 Å². The maximum absolute atomic E-state index is 11.4. The lowest BCUT2D eigenvalue weighted by Crippen LogP contribution is -2.06. The van der Waals surface area contributed by atoms with E-state index in [2.05, 4.69) is 31.4 Å². The molecule has 2 rings (SSSR count). The van der Waals surface area contributed by atoms with Gasteiger partial charge >= 0.3 is 0 Å². The van der Waals surface area contributed by atoms with Crippen LogP contribution < -0.4 is 0 Å². The number of hydrogen-bond donors (Lipinski definition) is 1. The zero-order chi connectivity index (χ0) is 17.7. The molecular weight excluding hydrogens is 320 g/mol. The number of hydrogen-bond acceptors (Lipinski definition) is 2. The Morgan fingerprint density at radius 3 is 2.67 bits per heavy atom. The summed E-state index contributed by atoms with van der Waals surface area (Å²) < 4.78 is 32.0. The van der Waals surface area contributed by atoms with Crippen LogP contribution in [0.3, 0.4) is 0 Å². The molecule has 0 aromatic rings. The first kappa shape index (κ1) is 18.2. The minimum Gasteiger partial charge on any atom is -0.282 e. The van der Waals surface area contributed by atoms with Crippen LogP contribution in [0.25, 0.3) is 0 Å². The largest absolute Gasteiger partial charge is 0.290 e. The summed E-state index contributed by atoms with van der Waals surface area (Å²) in [6.07, 6.45) is 17.7. The molecule has 0 atom stereocenters. The van der Waals surface area contributed by atoms with Crippen molar-refractivity contribution in [2.75, 3.05) is 0 Å². The SMILES string of the molecule is C=CC(=C)/C=C\C1=C\C/C=C\C2=C(C/C(=C(\C)S(=O)(=O)O)C=C2)C1. The fourth-order valence-corrected chi connectivity index (χ4v) is 3.06. The molecule has 2 aliphatic rings. The van der Waals surface area contributed by atoms with Crippen LogP contribution in [0.4, 0.5) is 0 Å². The van der Waals surface area contributed by atoms with E-state index in [1.807, 2.05) is 18.2 Å². The lowest BCUT2D eigenvalue weighted by atomic mass is 9.87. The molecular formula is C20H22O3S. The van der Waals surface area contributed by atoms with Crippen molar-refractivity contribution in [2.24, 2.45) is 0 Å². The van der Waals surface area contributed by atoms with Crippen LogP contribution >= 0.6 is 0 Å². The number of rotatable bonds is 4. The van der Waals surface area contributed by atoms with Crippen molar-refractivity contribution in [3.05, 3.63) is 94.5 Å². The maximum atomic E-state index is 11.4. The van der Waals surface area contributed by atoms with Gasteiger partial charge in [0.25, 0.3) is 10.1 Å². The lowest BCUT2D eigenvalue weighted by molar-refractivity contribution is 0.490. The molecule has 4 heteroatoms. The molecule has 1 N–H and O–H groups in total. The van der Waals surface area contributed by atoms with Gasteiger partial charge in [0.1, 0.15) is 0 Å². The fourth-order valence-electron chi connectivity index (χ4n) is 2.59. The highest BCUT2D eigenvalue weighted by Crippen LogP contribution is 2.33. The summed E-state index contributed by atoms with van der Waals surface area (Å²) in [6.45, 7) is 9.00. The van der Waals surface area contributed by atoms with E-state index in [1.165, 1.54) is 6.92 Å². The standard InChI is InChI=1S/C20H22O3S/c1-4-15(2)9-10-17-7-5-6-8-18-11-12-19(14-20(18)13-17)16(3)24(21,22)23/h4,6-12H,1-2,5,13-14H2,3H3,(H,21,22,23)/b8-6-,10-9-,17-7-,19-16+. The summed E-state index contributed by atoms with van der Waals surface area (Å²) in [5.74, 6) is 0. The Hall–Kier alpha value is -2.17. The van der Waals surface area contributed by atoms with Crippen LogP contribution in [-0.4, -0.2) is 13.0 Å². The zero-order valence-corrected chi connectivity index (χ0v) is 14.6. The van der Waals surface area contributed by atoms with Crippen LogP contribution in [0, 0.1) is 0 Å². The van der Waals surface area contributed by atoms with Crippen molar-refractivity contribution < 1.29 is 13.0 Å². The molecule has 0 spiro atoms. The third kappa shape index (κ3) is 4.66. The summed E-state index contributed by atoms with van der Waals surface area (Å²) in [5.41, 5.74) is 4.85. The highest BCUT2D eigenvalue weighted by atomic mass is 32.2. The first-order valence-electron chi connectivity index (χ1n) is 7.73. The maximum Gasteiger partial charge on any atom is 0.290 e. The first-order valence-corrected chi connectivity index (χ1v) is 9.17. The van der Waals surface area contributed by atoms with Crippen LogP contribution in [-0.2, 0) is 10.1 Å². The summed E-state index contributed by atoms with van der Waals surface area (Å²) in [6, 6.07) is 0. The third-order valence-corrected chi connectivity index (χ3v) is 5.16. The summed E-state index contributed by atoms with van der Waals surface area (Å²) in [7, 11) is -4.16. The Morgan fingerprint density at radius 1 is 1.25 bits per heavy atom. The normalized spacial score (nSPS) is 23.8. The highest BCUT2D eigenvalue weighted by Gasteiger charge is 2.18. The van der Waals surface area contributed by atoms with Gasteiger partial charge in [-0.15, -0.1) is 0 Å². The average molecular weight is 342 g/mol. The van der Waals surface area contributed by atoms with E-state index in [9.17, 15) is 13.0 Å². The predicted octanol–water partition coefficient (Wildman–Crippen LogP) is 4.98. The quantitative estimate of drug-likeness (QED) is 0.579. The molecule has 0 aromatic heterocycles. The molecule has 2 aliphatic carbocycles. The molecule has 3 nitrogen and oxygen atoms in total. The van der Waals surface area contributed by atoms with Gasteiger partial charge in [-0.3, -0.25) is 4.55 Å². The van der Waals surface area contributed by atoms with Gasteiger partial charge in [-0.05, 0) is 48.5 Å². The molecule has 24 heavy (non-hydrogen) atoms. The van der Waals surface area contributed by atoms with E-state index in [1.54, 1.807) is 12.2 Å². The van der Waals surface area contributed by atoms with Gasteiger partial charge < -0.3 is 0 Å². The van der Waals surface area contributed by atoms with Crippen LogP contribution in [0.2, 0.25) is 0 Å². The Bertz CT molecular complexity index is 841. The molecule has 0 aromatic carbocycles. The van der Waals surface area contributed by atoms with Gasteiger partial charge in [-0.1, -0.05) is 67.3 Å². The minimum absolute atomic E-state index is 0.0115. The van der Waals surface area contributed by atoms with Gasteiger partial charge in [0.15, 0.2) is 0 Å². The Morgan fingerprint density at radius 2 is 2.00 bits per heavy atom. The molecule has 0 aliphatic heterocycles. The van der Waals surface area contributed by atoms with Gasteiger partial charge in [0, 0.05) is 0 Å². The second-order valence-corrected chi connectivity index (χ2v) is 7.39. The second kappa shape index (κ2) is 7.60. The summed E-state index contributed by atoms with van der Waals surface area (Å²) >= 11 is 0. The Kier molecular flexibility index (Phi) is 5.75. The highest BCUT2D eigenvalue weighted by molar-refractivity contribution is 7.89. The fraction of sp³-hybridized carbons (Fsp3) is 0.200. The van der Waals surface area contributed by atoms with Crippen molar-refractivity contribution in [1.29, 1.82) is 0 Å². The van der Waals surface area contributed by atoms with E-state index >= 15 is 0 Å². The molecule has 0 radical (unpaired) electrons. The molecule has 0 unspecified atom stereocenters. The topological polar surface area (TPSA) is 54.4 Å². The Labute approximate surface area is 144 Å². The minimum atomic E-state index is -4.16. The number of allylic oxidation sites excluding steroid dienone is 14. The summed E-state index contributed by atoms with van der Waals surface area (Å²) in [4.78, 5) is 0.0115. The van der Waals surface area contributed by atoms with Crippen LogP contribution in [0.5, 0.6) is 0 Å². The first-order chi connectivity index (χ1) is 11.3. The van der Waals surface area contributed by atoms with Crippen molar-refractivity contribution in [1.82, 2.24) is 0 Å². The van der Waals surface area contributed by atoms with Crippen molar-refractivity contribution in [3.8, 4) is 0 Å². The molecule has 0 saturated heterocycles. The average Bonchev–Trinajstić information content (AvgIpc) is 2.52. The van der Waals surface area contributed by atoms with Crippen molar-refractivity contribution >= 4 is 10.1 Å². The molecule has 0 saturated carbocycles. The van der Waals surface area contributed by atoms with Gasteiger partial charge in [0.05, 0.1) is 4.91 Å². The third-order valence-electron chi connectivity index (χ3n) is 4.12. The van der Waals surface area contributed by atoms with E-state index in [-0.39, 0.29) is 4.91 Å². The van der Waals surface area contributed by atoms with Gasteiger partial charge in [-0.2, -0.15) is 8.42 Å². The van der Waals surface area contributed by atoms with Crippen LogP contribution in [0.1, 0.15) is 26.2 Å². The second-order valence-electron chi connectivity index (χ2n) is 5.83. The predicted molar refractivity (Wildman–Crippen MR) is 100.0 cm³/mol. The molecule has 0 amide bonds. The van der Waals surface area contributed by atoms with Crippen molar-refractivity contribution in [3.63, 3.8) is 0 Å². The van der Waals surface area contributed by atoms with Gasteiger partial charge in [0.2, 0.25) is 0 Å². The smallest absolute Gasteiger partial charge is 0.282 e. The lowest BCUT2D eigenvalue weighted by Gasteiger charge is -2.19. The monoisotopic (exact) mass is 342 g/mol. The van der Waals surface area contributed by atoms with Gasteiger partial charge in [-0.25, -0.2) is 0 Å². The molecule has 0 heterocycles. The van der Waals surface area contributed by atoms with Crippen LogP contribution in [0.15, 0.2) is 94.5 Å². The van der Waals surface area contributed by atoms with E-state index in [0.29, 0.717) is 12.0 Å². The van der Waals surface area contributed by atoms with E-state index in [0.717, 1.165) is 35.1 Å². The molecule has 0 bridgehead atoms. The summed E-state index contributed by atoms with van der Waals surface area (Å²) in [5, 5.41) is 0. The zero-order valence-electron chi connectivity index (χ0n) is 13.8. The van der Waals surface area contributed by atoms with Crippen molar-refractivity contribution in [2.45, 2.75) is 26.2 Å². The molecule has 0 fully saturated rings.